The number of hydrogen-bond acceptors (Lipinski definition) is 7. The number of rotatable bonds is 8. The van der Waals surface area contributed by atoms with E-state index in [0.29, 0.717) is 28.9 Å². The number of aromatic nitrogens is 1. The third-order valence-electron chi connectivity index (χ3n) is 2.84. The predicted octanol–water partition coefficient (Wildman–Crippen LogP) is 2.27. The molecule has 2 aromatic rings. The number of carbonyl (C=O) groups excluding carboxylic acids is 2. The summed E-state index contributed by atoms with van der Waals surface area (Å²) in [5.74, 6) is 0.500. The smallest absolute Gasteiger partial charge is 0.311 e. The van der Waals surface area contributed by atoms with Gasteiger partial charge in [-0.05, 0) is 19.1 Å². The molecule has 0 radical (unpaired) electrons. The number of nitrogens with zero attached hydrogens (tertiary/aromatic N) is 1. The lowest BCUT2D eigenvalue weighted by Crippen LogP contribution is -2.20. The number of ether oxygens (including phenoxy) is 3. The number of nitrogens with one attached hydrogen (secondary N) is 1. The van der Waals surface area contributed by atoms with E-state index >= 15 is 0 Å². The predicted molar refractivity (Wildman–Crippen MR) is 89.6 cm³/mol. The Labute approximate surface area is 143 Å². The SMILES string of the molecule is CCOC(=O)Cc1csc(NC(=O)COc2cccc(OC)c2)n1. The van der Waals surface area contributed by atoms with Crippen LogP contribution in [0.3, 0.4) is 0 Å². The van der Waals surface area contributed by atoms with Crippen LogP contribution in [0.15, 0.2) is 29.6 Å². The van der Waals surface area contributed by atoms with Crippen LogP contribution in [0.4, 0.5) is 5.13 Å². The highest BCUT2D eigenvalue weighted by Gasteiger charge is 2.11. The topological polar surface area (TPSA) is 86.8 Å². The minimum absolute atomic E-state index is 0.0838. The van der Waals surface area contributed by atoms with Gasteiger partial charge in [0, 0.05) is 11.4 Å². The first-order chi connectivity index (χ1) is 11.6. The monoisotopic (exact) mass is 350 g/mol. The molecule has 0 unspecified atom stereocenters. The Bertz CT molecular complexity index is 701. The molecule has 1 aromatic heterocycles. The van der Waals surface area contributed by atoms with Gasteiger partial charge in [0.25, 0.3) is 5.91 Å². The van der Waals surface area contributed by atoms with Crippen LogP contribution in [0.2, 0.25) is 0 Å². The maximum Gasteiger partial charge on any atom is 0.311 e. The van der Waals surface area contributed by atoms with Crippen molar-refractivity contribution in [2.75, 3.05) is 25.6 Å². The van der Waals surface area contributed by atoms with E-state index in [9.17, 15) is 9.59 Å². The zero-order valence-corrected chi connectivity index (χ0v) is 14.2. The molecule has 7 nitrogen and oxygen atoms in total. The third kappa shape index (κ3) is 5.54. The largest absolute Gasteiger partial charge is 0.497 e. The van der Waals surface area contributed by atoms with E-state index in [1.165, 1.54) is 11.3 Å². The fourth-order valence-electron chi connectivity index (χ4n) is 1.80. The molecule has 8 heteroatoms. The number of methoxy groups -OCH3 is 1. The van der Waals surface area contributed by atoms with Crippen LogP contribution in [0.5, 0.6) is 11.5 Å². The minimum atomic E-state index is -0.345. The Kier molecular flexibility index (Phi) is 6.56. The van der Waals surface area contributed by atoms with Crippen molar-refractivity contribution in [1.82, 2.24) is 4.98 Å². The number of thiazole rings is 1. The summed E-state index contributed by atoms with van der Waals surface area (Å²) in [5.41, 5.74) is 0.558. The highest BCUT2D eigenvalue weighted by Crippen LogP contribution is 2.19. The molecule has 0 atom stereocenters. The molecule has 0 aliphatic heterocycles. The highest BCUT2D eigenvalue weighted by molar-refractivity contribution is 7.13. The van der Waals surface area contributed by atoms with Gasteiger partial charge in [0.2, 0.25) is 0 Å². The number of esters is 1. The van der Waals surface area contributed by atoms with E-state index in [1.807, 2.05) is 0 Å². The summed E-state index contributed by atoms with van der Waals surface area (Å²) in [5, 5.41) is 4.74. The molecule has 1 amide bonds. The van der Waals surface area contributed by atoms with Crippen molar-refractivity contribution in [2.24, 2.45) is 0 Å². The maximum absolute atomic E-state index is 11.9. The number of hydrogen-bond donors (Lipinski definition) is 1. The lowest BCUT2D eigenvalue weighted by atomic mass is 10.3. The second-order valence-corrected chi connectivity index (χ2v) is 5.50. The van der Waals surface area contributed by atoms with Gasteiger partial charge in [-0.1, -0.05) is 6.07 Å². The maximum atomic E-state index is 11.9. The summed E-state index contributed by atoms with van der Waals surface area (Å²) in [7, 11) is 1.56. The van der Waals surface area contributed by atoms with Crippen LogP contribution in [-0.4, -0.2) is 37.2 Å². The number of amides is 1. The van der Waals surface area contributed by atoms with Crippen molar-refractivity contribution in [3.63, 3.8) is 0 Å². The van der Waals surface area contributed by atoms with Crippen molar-refractivity contribution in [1.29, 1.82) is 0 Å². The van der Waals surface area contributed by atoms with Crippen molar-refractivity contribution in [2.45, 2.75) is 13.3 Å². The summed E-state index contributed by atoms with van der Waals surface area (Å²) in [6, 6.07) is 6.98. The number of benzene rings is 1. The summed E-state index contributed by atoms with van der Waals surface area (Å²) in [4.78, 5) is 27.4. The molecular formula is C16H18N2O5S. The second kappa shape index (κ2) is 8.88. The average Bonchev–Trinajstić information content (AvgIpc) is 3.00. The molecule has 0 spiro atoms. The summed E-state index contributed by atoms with van der Waals surface area (Å²) >= 11 is 1.24. The molecule has 0 saturated carbocycles. The van der Waals surface area contributed by atoms with Gasteiger partial charge in [-0.2, -0.15) is 0 Å². The van der Waals surface area contributed by atoms with E-state index in [0.717, 1.165) is 0 Å². The molecule has 0 saturated heterocycles. The van der Waals surface area contributed by atoms with Crippen molar-refractivity contribution in [3.8, 4) is 11.5 Å². The van der Waals surface area contributed by atoms with Gasteiger partial charge in [0.15, 0.2) is 11.7 Å². The molecule has 128 valence electrons. The first-order valence-electron chi connectivity index (χ1n) is 7.27. The number of carbonyl (C=O) groups is 2. The van der Waals surface area contributed by atoms with E-state index in [1.54, 1.807) is 43.7 Å². The van der Waals surface area contributed by atoms with Gasteiger partial charge >= 0.3 is 5.97 Å². The fourth-order valence-corrected chi connectivity index (χ4v) is 2.53. The van der Waals surface area contributed by atoms with Crippen LogP contribution in [0.1, 0.15) is 12.6 Å². The van der Waals surface area contributed by atoms with Crippen molar-refractivity contribution < 1.29 is 23.8 Å². The van der Waals surface area contributed by atoms with Crippen molar-refractivity contribution in [3.05, 3.63) is 35.3 Å². The Balaban J connectivity index is 1.82. The first kappa shape index (κ1) is 17.7. The molecular weight excluding hydrogens is 332 g/mol. The van der Waals surface area contributed by atoms with Gasteiger partial charge < -0.3 is 14.2 Å². The van der Waals surface area contributed by atoms with Crippen LogP contribution >= 0.6 is 11.3 Å². The Morgan fingerprint density at radius 1 is 1.29 bits per heavy atom. The van der Waals surface area contributed by atoms with Crippen molar-refractivity contribution >= 4 is 28.3 Å². The first-order valence-corrected chi connectivity index (χ1v) is 8.15. The molecule has 2 rings (SSSR count). The van der Waals surface area contributed by atoms with Crippen LogP contribution in [0.25, 0.3) is 0 Å². The highest BCUT2D eigenvalue weighted by atomic mass is 32.1. The second-order valence-electron chi connectivity index (χ2n) is 4.64. The van der Waals surface area contributed by atoms with E-state index in [4.69, 9.17) is 14.2 Å². The minimum Gasteiger partial charge on any atom is -0.497 e. The molecule has 1 heterocycles. The Hall–Kier alpha value is -2.61. The molecule has 24 heavy (non-hydrogen) atoms. The summed E-state index contributed by atoms with van der Waals surface area (Å²) < 4.78 is 15.3. The summed E-state index contributed by atoms with van der Waals surface area (Å²) in [6.45, 7) is 1.92. The van der Waals surface area contributed by atoms with Crippen LogP contribution < -0.4 is 14.8 Å². The molecule has 0 aliphatic carbocycles. The molecule has 0 fully saturated rings. The zero-order valence-electron chi connectivity index (χ0n) is 13.4. The molecule has 1 aromatic carbocycles. The van der Waals surface area contributed by atoms with E-state index in [2.05, 4.69) is 10.3 Å². The lowest BCUT2D eigenvalue weighted by Gasteiger charge is -2.07. The molecule has 0 bridgehead atoms. The van der Waals surface area contributed by atoms with Gasteiger partial charge in [-0.25, -0.2) is 4.98 Å². The van der Waals surface area contributed by atoms with Gasteiger partial charge in [0.05, 0.1) is 25.8 Å². The standard InChI is InChI=1S/C16H18N2O5S/c1-3-22-15(20)7-11-10-24-16(17-11)18-14(19)9-23-13-6-4-5-12(8-13)21-2/h4-6,8,10H,3,7,9H2,1-2H3,(H,17,18,19). The molecule has 1 N–H and O–H groups in total. The van der Waals surface area contributed by atoms with E-state index < -0.39 is 0 Å². The fraction of sp³-hybridized carbons (Fsp3) is 0.312. The normalized spacial score (nSPS) is 10.1. The van der Waals surface area contributed by atoms with Gasteiger partial charge in [-0.15, -0.1) is 11.3 Å². The Morgan fingerprint density at radius 3 is 2.83 bits per heavy atom. The Morgan fingerprint density at radius 2 is 2.08 bits per heavy atom. The van der Waals surface area contributed by atoms with Crippen LogP contribution in [0, 0.1) is 0 Å². The number of anilines is 1. The third-order valence-corrected chi connectivity index (χ3v) is 3.65. The van der Waals surface area contributed by atoms with Gasteiger partial charge in [0.1, 0.15) is 11.5 Å². The average molecular weight is 350 g/mol. The summed E-state index contributed by atoms with van der Waals surface area (Å²) in [6.07, 6.45) is 0.0838. The lowest BCUT2D eigenvalue weighted by molar-refractivity contribution is -0.142. The van der Waals surface area contributed by atoms with E-state index in [-0.39, 0.29) is 24.9 Å². The quantitative estimate of drug-likeness (QED) is 0.735. The van der Waals surface area contributed by atoms with Gasteiger partial charge in [-0.3, -0.25) is 14.9 Å². The van der Waals surface area contributed by atoms with Crippen LogP contribution in [-0.2, 0) is 20.7 Å². The zero-order chi connectivity index (χ0) is 17.4. The molecule has 0 aliphatic rings.